The minimum absolute atomic E-state index is 0.0425. The number of alkyl carbamates (subject to hydrolysis) is 1. The van der Waals surface area contributed by atoms with Crippen LogP contribution in [0, 0.1) is 0 Å². The second-order valence-corrected chi connectivity index (χ2v) is 10.1. The van der Waals surface area contributed by atoms with Crippen LogP contribution in [0.3, 0.4) is 0 Å². The molecule has 3 amide bonds. The number of carbonyl (C=O) groups excluding carboxylic acids is 4. The topological polar surface area (TPSA) is 126 Å². The number of ketones is 1. The Hall–Kier alpha value is -3.89. The fourth-order valence-corrected chi connectivity index (χ4v) is 4.72. The van der Waals surface area contributed by atoms with Crippen molar-refractivity contribution in [3.63, 3.8) is 0 Å². The minimum atomic E-state index is -2.75. The average Bonchev–Trinajstić information content (AvgIpc) is 2.91. The van der Waals surface area contributed by atoms with E-state index >= 15 is 0 Å². The van der Waals surface area contributed by atoms with Crippen molar-refractivity contribution >= 4 is 23.7 Å². The Balaban J connectivity index is 1.40. The van der Waals surface area contributed by atoms with Crippen molar-refractivity contribution in [1.82, 2.24) is 20.9 Å². The van der Waals surface area contributed by atoms with Crippen LogP contribution in [0.5, 0.6) is 0 Å². The van der Waals surface area contributed by atoms with E-state index in [0.717, 1.165) is 5.56 Å². The van der Waals surface area contributed by atoms with Crippen LogP contribution in [0.1, 0.15) is 56.2 Å². The molecule has 2 fully saturated rings. The molecule has 0 spiro atoms. The van der Waals surface area contributed by atoms with Gasteiger partial charge in [-0.05, 0) is 49.8 Å². The SMILES string of the molecule is O=C(NC1(C(=O)N[C@H](Cc2ccccc2)C(=O)C(=O)NCc2ccccn2)CCC1)OC1CCC(F)(F)CC1. The smallest absolute Gasteiger partial charge is 0.408 e. The predicted octanol–water partition coefficient (Wildman–Crippen LogP) is 3.22. The highest BCUT2D eigenvalue weighted by atomic mass is 19.3. The number of benzene rings is 1. The maximum atomic E-state index is 13.4. The first-order valence-corrected chi connectivity index (χ1v) is 13.1. The molecule has 2 aromatic rings. The van der Waals surface area contributed by atoms with E-state index in [0.29, 0.717) is 25.0 Å². The van der Waals surface area contributed by atoms with Gasteiger partial charge in [-0.1, -0.05) is 36.4 Å². The summed E-state index contributed by atoms with van der Waals surface area (Å²) in [5.74, 6) is -5.06. The summed E-state index contributed by atoms with van der Waals surface area (Å²) < 4.78 is 32.2. The maximum Gasteiger partial charge on any atom is 0.408 e. The fourth-order valence-electron chi connectivity index (χ4n) is 4.72. The number of alkyl halides is 2. The highest BCUT2D eigenvalue weighted by Crippen LogP contribution is 2.35. The van der Waals surface area contributed by atoms with Crippen molar-refractivity contribution in [2.24, 2.45) is 0 Å². The van der Waals surface area contributed by atoms with Gasteiger partial charge in [0.05, 0.1) is 12.2 Å². The number of hydrogen-bond donors (Lipinski definition) is 3. The fraction of sp³-hybridized carbons (Fsp3) is 0.464. The quantitative estimate of drug-likeness (QED) is 0.396. The van der Waals surface area contributed by atoms with Gasteiger partial charge in [0.15, 0.2) is 0 Å². The number of nitrogens with zero attached hydrogens (tertiary/aromatic N) is 1. The summed E-state index contributed by atoms with van der Waals surface area (Å²) in [6.07, 6.45) is 0.779. The number of aromatic nitrogens is 1. The van der Waals surface area contributed by atoms with Crippen molar-refractivity contribution in [3.05, 3.63) is 66.0 Å². The van der Waals surface area contributed by atoms with Crippen molar-refractivity contribution in [2.75, 3.05) is 0 Å². The Kier molecular flexibility index (Phi) is 8.88. The van der Waals surface area contributed by atoms with E-state index in [2.05, 4.69) is 20.9 Å². The summed E-state index contributed by atoms with van der Waals surface area (Å²) in [5.41, 5.74) is -0.00655. The number of rotatable bonds is 10. The van der Waals surface area contributed by atoms with Crippen LogP contribution in [-0.2, 0) is 32.1 Å². The van der Waals surface area contributed by atoms with E-state index in [1.54, 1.807) is 48.7 Å². The Labute approximate surface area is 225 Å². The average molecular weight is 543 g/mol. The zero-order valence-corrected chi connectivity index (χ0v) is 21.5. The zero-order valence-electron chi connectivity index (χ0n) is 21.5. The summed E-state index contributed by atoms with van der Waals surface area (Å²) in [6.45, 7) is 0.0435. The number of nitrogens with one attached hydrogen (secondary N) is 3. The Morgan fingerprint density at radius 3 is 2.28 bits per heavy atom. The van der Waals surface area contributed by atoms with E-state index < -0.39 is 47.3 Å². The molecule has 0 saturated heterocycles. The number of amides is 3. The number of Topliss-reactive ketones (excluding diaryl/α,β-unsaturated/α-hetero) is 1. The molecule has 9 nitrogen and oxygen atoms in total. The lowest BCUT2D eigenvalue weighted by molar-refractivity contribution is -0.141. The monoisotopic (exact) mass is 542 g/mol. The van der Waals surface area contributed by atoms with E-state index in [-0.39, 0.29) is 38.6 Å². The van der Waals surface area contributed by atoms with Crippen LogP contribution in [0.2, 0.25) is 0 Å². The Morgan fingerprint density at radius 1 is 0.974 bits per heavy atom. The second-order valence-electron chi connectivity index (χ2n) is 10.1. The van der Waals surface area contributed by atoms with E-state index in [9.17, 15) is 28.0 Å². The van der Waals surface area contributed by atoms with Gasteiger partial charge < -0.3 is 20.7 Å². The van der Waals surface area contributed by atoms with Crippen LogP contribution in [0.15, 0.2) is 54.7 Å². The van der Waals surface area contributed by atoms with Crippen LogP contribution in [-0.4, -0.2) is 52.3 Å². The lowest BCUT2D eigenvalue weighted by Gasteiger charge is -2.41. The summed E-state index contributed by atoms with van der Waals surface area (Å²) in [7, 11) is 0. The molecule has 0 unspecified atom stereocenters. The van der Waals surface area contributed by atoms with Crippen LogP contribution in [0.25, 0.3) is 0 Å². The molecule has 2 aliphatic carbocycles. The molecule has 3 N–H and O–H groups in total. The van der Waals surface area contributed by atoms with Crippen LogP contribution in [0.4, 0.5) is 13.6 Å². The standard InChI is InChI=1S/C28H32F2N4O5/c29-28(30)14-10-21(11-15-28)39-26(38)34-27(12-6-13-27)25(37)33-22(17-19-7-2-1-3-8-19)23(35)24(36)32-18-20-9-4-5-16-31-20/h1-5,7-9,16,21-22H,6,10-15,17-18H2,(H,32,36)(H,33,37)(H,34,38)/t22-/m1/s1. The zero-order chi connectivity index (χ0) is 27.9. The molecule has 1 atom stereocenters. The number of hydrogen-bond acceptors (Lipinski definition) is 6. The van der Waals surface area contributed by atoms with Gasteiger partial charge in [-0.3, -0.25) is 19.4 Å². The third-order valence-electron chi connectivity index (χ3n) is 7.21. The van der Waals surface area contributed by atoms with Gasteiger partial charge in [0.2, 0.25) is 17.6 Å². The minimum Gasteiger partial charge on any atom is -0.446 e. The molecule has 0 aliphatic heterocycles. The van der Waals surface area contributed by atoms with Crippen molar-refractivity contribution < 1.29 is 32.7 Å². The predicted molar refractivity (Wildman–Crippen MR) is 137 cm³/mol. The van der Waals surface area contributed by atoms with Crippen LogP contribution < -0.4 is 16.0 Å². The largest absolute Gasteiger partial charge is 0.446 e. The molecule has 2 saturated carbocycles. The molecule has 208 valence electrons. The lowest BCUT2D eigenvalue weighted by atomic mass is 9.75. The van der Waals surface area contributed by atoms with Crippen molar-refractivity contribution in [1.29, 1.82) is 0 Å². The summed E-state index contributed by atoms with van der Waals surface area (Å²) >= 11 is 0. The third-order valence-corrected chi connectivity index (χ3v) is 7.21. The molecule has 11 heteroatoms. The van der Waals surface area contributed by atoms with Gasteiger partial charge in [0, 0.05) is 25.5 Å². The van der Waals surface area contributed by atoms with Gasteiger partial charge in [-0.25, -0.2) is 13.6 Å². The number of halogens is 2. The van der Waals surface area contributed by atoms with Gasteiger partial charge in [0.25, 0.3) is 5.91 Å². The highest BCUT2D eigenvalue weighted by molar-refractivity contribution is 6.38. The molecular formula is C28H32F2N4O5. The maximum absolute atomic E-state index is 13.4. The van der Waals surface area contributed by atoms with E-state index in [4.69, 9.17) is 4.74 Å². The van der Waals surface area contributed by atoms with Crippen LogP contribution >= 0.6 is 0 Å². The van der Waals surface area contributed by atoms with E-state index in [1.165, 1.54) is 0 Å². The second kappa shape index (κ2) is 12.3. The Morgan fingerprint density at radius 2 is 1.67 bits per heavy atom. The molecule has 1 aromatic carbocycles. The van der Waals surface area contributed by atoms with Gasteiger partial charge in [-0.2, -0.15) is 0 Å². The van der Waals surface area contributed by atoms with Crippen molar-refractivity contribution in [3.8, 4) is 0 Å². The summed E-state index contributed by atoms with van der Waals surface area (Å²) in [4.78, 5) is 56.0. The molecule has 4 rings (SSSR count). The molecule has 1 heterocycles. The summed E-state index contributed by atoms with van der Waals surface area (Å²) in [6, 6.07) is 12.9. The molecule has 1 aromatic heterocycles. The van der Waals surface area contributed by atoms with Crippen molar-refractivity contribution in [2.45, 2.75) is 81.5 Å². The molecule has 2 aliphatic rings. The number of ether oxygens (including phenoxy) is 1. The van der Waals surface area contributed by atoms with E-state index in [1.807, 2.05) is 6.07 Å². The summed E-state index contributed by atoms with van der Waals surface area (Å²) in [5, 5.41) is 7.82. The first-order chi connectivity index (χ1) is 18.7. The molecule has 0 radical (unpaired) electrons. The van der Waals surface area contributed by atoms with Gasteiger partial charge >= 0.3 is 6.09 Å². The first-order valence-electron chi connectivity index (χ1n) is 13.1. The molecular weight excluding hydrogens is 510 g/mol. The highest BCUT2D eigenvalue weighted by Gasteiger charge is 2.47. The molecule has 39 heavy (non-hydrogen) atoms. The first kappa shape index (κ1) is 28.1. The van der Waals surface area contributed by atoms with Gasteiger partial charge in [0.1, 0.15) is 17.7 Å². The number of pyridine rings is 1. The number of carbonyl (C=O) groups is 4. The third kappa shape index (κ3) is 7.58. The normalized spacial score (nSPS) is 18.6. The van der Waals surface area contributed by atoms with Gasteiger partial charge in [-0.15, -0.1) is 0 Å². The Bertz CT molecular complexity index is 1160. The molecule has 0 bridgehead atoms. The lowest BCUT2D eigenvalue weighted by Crippen LogP contribution is -2.65.